The maximum absolute atomic E-state index is 4.95. The summed E-state index contributed by atoms with van der Waals surface area (Å²) in [5.41, 5.74) is 17.6. The van der Waals surface area contributed by atoms with E-state index in [9.17, 15) is 0 Å². The molecule has 16 rings (SSSR count). The predicted molar refractivity (Wildman–Crippen MR) is 367 cm³/mol. The molecule has 0 saturated carbocycles. The number of hydrogen-bond acceptors (Lipinski definition) is 16. The number of hydrogen-bond donors (Lipinski definition) is 0. The Balaban J connectivity index is 0.000000155. The van der Waals surface area contributed by atoms with E-state index in [1.54, 1.807) is 24.8 Å². The van der Waals surface area contributed by atoms with Crippen LogP contribution in [0.3, 0.4) is 0 Å². The van der Waals surface area contributed by atoms with E-state index in [2.05, 4.69) is 110 Å². The summed E-state index contributed by atoms with van der Waals surface area (Å²) in [5, 5.41) is 3.35. The van der Waals surface area contributed by atoms with Gasteiger partial charge < -0.3 is 0 Å². The minimum atomic E-state index is 0.438. The van der Waals surface area contributed by atoms with Gasteiger partial charge in [0.15, 0.2) is 34.9 Å². The monoisotopic (exact) mass is 1210 g/mol. The molecule has 16 aromatic rings. The highest BCUT2D eigenvalue weighted by molar-refractivity contribution is 5.97. The molecule has 4 aromatic carbocycles. The molecular formula is C78H52N16. The zero-order chi connectivity index (χ0) is 63.2. The minimum absolute atomic E-state index is 0.438. The molecule has 12 heterocycles. The van der Waals surface area contributed by atoms with Crippen molar-refractivity contribution in [2.45, 2.75) is 13.8 Å². The maximum Gasteiger partial charge on any atom is 0.182 e. The molecule has 0 saturated heterocycles. The largest absolute Gasteiger partial charge is 0.263 e. The Morgan fingerprint density at radius 3 is 1.00 bits per heavy atom. The molecule has 0 aliphatic rings. The van der Waals surface area contributed by atoms with Crippen LogP contribution in [0.4, 0.5) is 0 Å². The second kappa shape index (κ2) is 25.8. The van der Waals surface area contributed by atoms with Crippen molar-refractivity contribution < 1.29 is 0 Å². The SMILES string of the molecule is Cc1cc(-c2nc(-c3cccc(-c4ccccn4)n3)nc(-c3cccc(-c4ccccn4)n3)n2)ccc1-c1cccc2cccnc12.Cc1cc(-c2nc(-c3cccc(-c4ccccn4)n3)nc(-c3cccc(-c4ccccn4)n3)n2)ccc1-c1cncc2ccccc12. The van der Waals surface area contributed by atoms with Crippen LogP contribution in [0.15, 0.2) is 280 Å². The summed E-state index contributed by atoms with van der Waals surface area (Å²) < 4.78 is 0. The van der Waals surface area contributed by atoms with Crippen molar-refractivity contribution >= 4 is 21.7 Å². The summed E-state index contributed by atoms with van der Waals surface area (Å²) in [6.07, 6.45) is 12.7. The first-order chi connectivity index (χ1) is 46.4. The Labute approximate surface area is 540 Å². The highest BCUT2D eigenvalue weighted by Crippen LogP contribution is 2.36. The molecule has 0 N–H and O–H groups in total. The Morgan fingerprint density at radius 1 is 0.223 bits per heavy atom. The lowest BCUT2D eigenvalue weighted by Crippen LogP contribution is -2.03. The quantitative estimate of drug-likeness (QED) is 0.111. The van der Waals surface area contributed by atoms with E-state index in [0.717, 1.165) is 112 Å². The number of benzene rings is 4. The molecule has 0 bridgehead atoms. The van der Waals surface area contributed by atoms with Gasteiger partial charge in [0.2, 0.25) is 0 Å². The third kappa shape index (κ3) is 12.1. The summed E-state index contributed by atoms with van der Waals surface area (Å²) in [7, 11) is 0. The van der Waals surface area contributed by atoms with Crippen molar-refractivity contribution in [3.63, 3.8) is 0 Å². The van der Waals surface area contributed by atoms with Gasteiger partial charge in [0.1, 0.15) is 22.8 Å². The Hall–Kier alpha value is -13.1. The van der Waals surface area contributed by atoms with Gasteiger partial charge in [-0.25, -0.2) is 49.8 Å². The van der Waals surface area contributed by atoms with Crippen molar-refractivity contribution in [1.29, 1.82) is 0 Å². The van der Waals surface area contributed by atoms with Crippen molar-refractivity contribution in [2.75, 3.05) is 0 Å². The number of fused-ring (bicyclic) bond motifs is 2. The van der Waals surface area contributed by atoms with Crippen LogP contribution in [-0.2, 0) is 0 Å². The molecule has 0 fully saturated rings. The van der Waals surface area contributed by atoms with Crippen molar-refractivity contribution in [1.82, 2.24) is 79.7 Å². The number of rotatable bonds is 12. The number of pyridine rings is 10. The lowest BCUT2D eigenvalue weighted by molar-refractivity contribution is 1.04. The maximum atomic E-state index is 4.95. The molecule has 94 heavy (non-hydrogen) atoms. The standard InChI is InChI=1S/2C39H26N8/c1-25-24-27(19-20-28(25)29-12-6-10-26-11-9-23-42-36(26)29)37-45-38(34-17-7-15-32(43-34)30-13-2-4-21-40-30)47-39(46-37)35-18-8-16-33(44-35)31-14-3-5-22-41-31;1-25-22-26(18-19-28(25)30-24-40-23-27-10-2-3-11-29(27)30)37-45-38(35-16-8-14-33(43-35)31-12-4-6-20-41-31)47-39(46-37)36-17-9-15-34(44-36)32-13-5-7-21-42-32/h2*2-24H,1H3. The molecule has 16 nitrogen and oxygen atoms in total. The van der Waals surface area contributed by atoms with E-state index in [1.807, 2.05) is 188 Å². The van der Waals surface area contributed by atoms with E-state index in [0.29, 0.717) is 57.7 Å². The van der Waals surface area contributed by atoms with Crippen molar-refractivity contribution in [3.05, 3.63) is 291 Å². The Bertz CT molecular complexity index is 4880. The smallest absolute Gasteiger partial charge is 0.182 e. The molecular weight excluding hydrogens is 1160 g/mol. The first-order valence-electron chi connectivity index (χ1n) is 30.4. The summed E-state index contributed by atoms with van der Waals surface area (Å²) in [6, 6.07) is 77.2. The molecule has 0 atom stereocenters. The van der Waals surface area contributed by atoms with E-state index < -0.39 is 0 Å². The lowest BCUT2D eigenvalue weighted by atomic mass is 9.95. The first kappa shape index (κ1) is 57.4. The van der Waals surface area contributed by atoms with Crippen LogP contribution in [0, 0.1) is 13.8 Å². The molecule has 0 radical (unpaired) electrons. The van der Waals surface area contributed by atoms with Gasteiger partial charge in [-0.3, -0.25) is 29.9 Å². The fourth-order valence-electron chi connectivity index (χ4n) is 11.2. The van der Waals surface area contributed by atoms with Gasteiger partial charge in [0, 0.05) is 76.4 Å². The van der Waals surface area contributed by atoms with E-state index in [-0.39, 0.29) is 0 Å². The molecule has 0 spiro atoms. The highest BCUT2D eigenvalue weighted by atomic mass is 15.1. The third-order valence-electron chi connectivity index (χ3n) is 15.7. The Morgan fingerprint density at radius 2 is 0.574 bits per heavy atom. The van der Waals surface area contributed by atoms with Crippen LogP contribution in [0.25, 0.3) is 158 Å². The third-order valence-corrected chi connectivity index (χ3v) is 15.7. The molecule has 0 aliphatic carbocycles. The number of aromatic nitrogens is 16. The van der Waals surface area contributed by atoms with Crippen LogP contribution >= 0.6 is 0 Å². The summed E-state index contributed by atoms with van der Waals surface area (Å²) in [5.74, 6) is 2.79. The molecule has 12 aromatic heterocycles. The van der Waals surface area contributed by atoms with E-state index in [1.165, 1.54) is 0 Å². The van der Waals surface area contributed by atoms with Gasteiger partial charge in [-0.15, -0.1) is 0 Å². The lowest BCUT2D eigenvalue weighted by Gasteiger charge is -2.12. The van der Waals surface area contributed by atoms with Crippen LogP contribution in [0.5, 0.6) is 0 Å². The predicted octanol–water partition coefficient (Wildman–Crippen LogP) is 16.6. The number of aryl methyl sites for hydroxylation is 2. The Kier molecular flexibility index (Phi) is 15.7. The average Bonchev–Trinajstić information content (AvgIpc) is 0.809. The minimum Gasteiger partial charge on any atom is -0.263 e. The van der Waals surface area contributed by atoms with Gasteiger partial charge in [-0.2, -0.15) is 0 Å². The zero-order valence-electron chi connectivity index (χ0n) is 50.7. The van der Waals surface area contributed by atoms with Crippen LogP contribution < -0.4 is 0 Å². The van der Waals surface area contributed by atoms with Crippen molar-refractivity contribution in [3.8, 4) is 137 Å². The van der Waals surface area contributed by atoms with E-state index in [4.69, 9.17) is 49.8 Å². The second-order valence-corrected chi connectivity index (χ2v) is 22.0. The first-order valence-corrected chi connectivity index (χ1v) is 30.4. The van der Waals surface area contributed by atoms with Gasteiger partial charge in [0.05, 0.1) is 51.1 Å². The van der Waals surface area contributed by atoms with Gasteiger partial charge >= 0.3 is 0 Å². The normalized spacial score (nSPS) is 11.1. The second-order valence-electron chi connectivity index (χ2n) is 22.0. The highest BCUT2D eigenvalue weighted by Gasteiger charge is 2.20. The van der Waals surface area contributed by atoms with Gasteiger partial charge in [-0.05, 0) is 157 Å². The topological polar surface area (TPSA) is 206 Å². The van der Waals surface area contributed by atoms with Crippen molar-refractivity contribution in [2.24, 2.45) is 0 Å². The van der Waals surface area contributed by atoms with Crippen LogP contribution in [0.1, 0.15) is 11.1 Å². The summed E-state index contributed by atoms with van der Waals surface area (Å²) >= 11 is 0. The molecule has 16 heteroatoms. The summed E-state index contributed by atoms with van der Waals surface area (Å²) in [4.78, 5) is 76.3. The van der Waals surface area contributed by atoms with Crippen LogP contribution in [0.2, 0.25) is 0 Å². The van der Waals surface area contributed by atoms with Gasteiger partial charge in [0.25, 0.3) is 0 Å². The number of nitrogens with zero attached hydrogens (tertiary/aromatic N) is 16. The fraction of sp³-hybridized carbons (Fsp3) is 0.0256. The van der Waals surface area contributed by atoms with Crippen LogP contribution in [-0.4, -0.2) is 79.7 Å². The molecule has 0 amide bonds. The zero-order valence-corrected chi connectivity index (χ0v) is 50.7. The molecule has 444 valence electrons. The van der Waals surface area contributed by atoms with Gasteiger partial charge in [-0.1, -0.05) is 121 Å². The molecule has 0 aliphatic heterocycles. The number of para-hydroxylation sites is 1. The molecule has 0 unspecified atom stereocenters. The van der Waals surface area contributed by atoms with E-state index >= 15 is 0 Å². The average molecular weight is 1210 g/mol. The summed E-state index contributed by atoms with van der Waals surface area (Å²) in [6.45, 7) is 4.19. The fourth-order valence-corrected chi connectivity index (χ4v) is 11.2.